The Morgan fingerprint density at radius 1 is 1.54 bits per heavy atom. The number of carbonyl (C=O) groups is 1. The summed E-state index contributed by atoms with van der Waals surface area (Å²) in [6.45, 7) is 6.87. The highest BCUT2D eigenvalue weighted by Gasteiger charge is 2.06. The van der Waals surface area contributed by atoms with Gasteiger partial charge in [-0.05, 0) is 20.8 Å². The van der Waals surface area contributed by atoms with Crippen molar-refractivity contribution < 1.29 is 9.53 Å². The molecule has 0 aromatic carbocycles. The summed E-state index contributed by atoms with van der Waals surface area (Å²) in [5.74, 6) is -0.169. The number of allylic oxidation sites excluding steroid dienone is 1. The van der Waals surface area contributed by atoms with Crippen LogP contribution in [0, 0.1) is 0 Å². The van der Waals surface area contributed by atoms with E-state index in [2.05, 4.69) is 16.1 Å². The first-order chi connectivity index (χ1) is 6.06. The maximum atomic E-state index is 10.8. The third-order valence-electron chi connectivity index (χ3n) is 1.68. The maximum absolute atomic E-state index is 10.8. The van der Waals surface area contributed by atoms with Crippen molar-refractivity contribution in [3.63, 3.8) is 0 Å². The molecule has 0 spiro atoms. The van der Waals surface area contributed by atoms with Crippen LogP contribution in [0.4, 0.5) is 0 Å². The van der Waals surface area contributed by atoms with Crippen LogP contribution < -0.4 is 5.32 Å². The molecule has 0 aliphatic carbocycles. The van der Waals surface area contributed by atoms with Gasteiger partial charge in [0.2, 0.25) is 0 Å². The molecular formula is C10H19NO2. The van der Waals surface area contributed by atoms with Crippen LogP contribution in [0.2, 0.25) is 0 Å². The van der Waals surface area contributed by atoms with Gasteiger partial charge in [-0.15, -0.1) is 0 Å². The molecule has 0 aromatic rings. The first kappa shape index (κ1) is 12.2. The first-order valence-corrected chi connectivity index (χ1v) is 4.49. The van der Waals surface area contributed by atoms with Crippen LogP contribution in [0.5, 0.6) is 0 Å². The molecule has 0 rings (SSSR count). The molecule has 0 aromatic heterocycles. The number of methoxy groups -OCH3 is 1. The van der Waals surface area contributed by atoms with Gasteiger partial charge in [0.15, 0.2) is 0 Å². The highest BCUT2D eigenvalue weighted by Crippen LogP contribution is 1.93. The standard InChI is InChI=1S/C10H19NO2/c1-8(2)5-6-11-9(3)7-10(12)13-4/h5,9,11H,6-7H2,1-4H3. The molecule has 13 heavy (non-hydrogen) atoms. The van der Waals surface area contributed by atoms with E-state index >= 15 is 0 Å². The van der Waals surface area contributed by atoms with E-state index < -0.39 is 0 Å². The zero-order valence-electron chi connectivity index (χ0n) is 8.89. The van der Waals surface area contributed by atoms with E-state index in [1.807, 2.05) is 20.8 Å². The van der Waals surface area contributed by atoms with Crippen LogP contribution in [0.1, 0.15) is 27.2 Å². The van der Waals surface area contributed by atoms with E-state index in [0.29, 0.717) is 6.42 Å². The molecule has 0 fully saturated rings. The minimum absolute atomic E-state index is 0.169. The molecule has 0 bridgehead atoms. The molecule has 3 nitrogen and oxygen atoms in total. The first-order valence-electron chi connectivity index (χ1n) is 4.49. The van der Waals surface area contributed by atoms with Crippen molar-refractivity contribution in [1.29, 1.82) is 0 Å². The second-order valence-corrected chi connectivity index (χ2v) is 3.37. The number of hydrogen-bond acceptors (Lipinski definition) is 3. The third kappa shape index (κ3) is 7.53. The molecule has 0 aliphatic heterocycles. The van der Waals surface area contributed by atoms with Crippen LogP contribution in [0.3, 0.4) is 0 Å². The van der Waals surface area contributed by atoms with Crippen molar-refractivity contribution in [3.8, 4) is 0 Å². The summed E-state index contributed by atoms with van der Waals surface area (Å²) in [6.07, 6.45) is 2.51. The van der Waals surface area contributed by atoms with Gasteiger partial charge in [-0.1, -0.05) is 11.6 Å². The number of rotatable bonds is 5. The van der Waals surface area contributed by atoms with E-state index in [0.717, 1.165) is 6.54 Å². The van der Waals surface area contributed by atoms with Gasteiger partial charge in [0.1, 0.15) is 0 Å². The van der Waals surface area contributed by atoms with E-state index in [1.165, 1.54) is 12.7 Å². The average molecular weight is 185 g/mol. The average Bonchev–Trinajstić information content (AvgIpc) is 2.03. The van der Waals surface area contributed by atoms with Gasteiger partial charge in [-0.25, -0.2) is 0 Å². The van der Waals surface area contributed by atoms with Gasteiger partial charge in [-0.3, -0.25) is 4.79 Å². The quantitative estimate of drug-likeness (QED) is 0.521. The molecular weight excluding hydrogens is 166 g/mol. The highest BCUT2D eigenvalue weighted by molar-refractivity contribution is 5.69. The van der Waals surface area contributed by atoms with Crippen molar-refractivity contribution >= 4 is 5.97 Å². The van der Waals surface area contributed by atoms with Crippen LogP contribution in [-0.2, 0) is 9.53 Å². The van der Waals surface area contributed by atoms with Gasteiger partial charge < -0.3 is 10.1 Å². The number of carbonyl (C=O) groups excluding carboxylic acids is 1. The molecule has 0 saturated carbocycles. The Bertz CT molecular complexity index is 183. The lowest BCUT2D eigenvalue weighted by Gasteiger charge is -2.10. The lowest BCUT2D eigenvalue weighted by atomic mass is 10.2. The van der Waals surface area contributed by atoms with E-state index in [-0.39, 0.29) is 12.0 Å². The summed E-state index contributed by atoms with van der Waals surface area (Å²) >= 11 is 0. The monoisotopic (exact) mass is 185 g/mol. The third-order valence-corrected chi connectivity index (χ3v) is 1.68. The van der Waals surface area contributed by atoms with Gasteiger partial charge >= 0.3 is 5.97 Å². The Kier molecular flexibility index (Phi) is 6.24. The fourth-order valence-corrected chi connectivity index (χ4v) is 0.870. The Morgan fingerprint density at radius 2 is 2.15 bits per heavy atom. The maximum Gasteiger partial charge on any atom is 0.307 e. The fourth-order valence-electron chi connectivity index (χ4n) is 0.870. The summed E-state index contributed by atoms with van der Waals surface area (Å²) in [5.41, 5.74) is 1.28. The summed E-state index contributed by atoms with van der Waals surface area (Å²) in [7, 11) is 1.41. The van der Waals surface area contributed by atoms with E-state index in [4.69, 9.17) is 0 Å². The minimum atomic E-state index is -0.169. The van der Waals surface area contributed by atoms with Crippen molar-refractivity contribution in [1.82, 2.24) is 5.32 Å². The second kappa shape index (κ2) is 6.66. The second-order valence-electron chi connectivity index (χ2n) is 3.37. The van der Waals surface area contributed by atoms with Gasteiger partial charge in [0, 0.05) is 12.6 Å². The SMILES string of the molecule is COC(=O)CC(C)NCC=C(C)C. The number of esters is 1. The van der Waals surface area contributed by atoms with Crippen LogP contribution in [0.25, 0.3) is 0 Å². The van der Waals surface area contributed by atoms with Crippen molar-refractivity contribution in [3.05, 3.63) is 11.6 Å². The summed E-state index contributed by atoms with van der Waals surface area (Å²) in [4.78, 5) is 10.8. The Hall–Kier alpha value is -0.830. The molecule has 0 amide bonds. The minimum Gasteiger partial charge on any atom is -0.469 e. The summed E-state index contributed by atoms with van der Waals surface area (Å²) < 4.78 is 4.55. The predicted molar refractivity (Wildman–Crippen MR) is 53.5 cm³/mol. The molecule has 1 unspecified atom stereocenters. The lowest BCUT2D eigenvalue weighted by Crippen LogP contribution is -2.29. The topological polar surface area (TPSA) is 38.3 Å². The molecule has 0 heterocycles. The molecule has 0 saturated heterocycles. The Balaban J connectivity index is 3.57. The number of hydrogen-bond donors (Lipinski definition) is 1. The van der Waals surface area contributed by atoms with Crippen LogP contribution in [0.15, 0.2) is 11.6 Å². The van der Waals surface area contributed by atoms with Crippen molar-refractivity contribution in [2.45, 2.75) is 33.2 Å². The normalized spacial score (nSPS) is 12.0. The molecule has 0 aliphatic rings. The summed E-state index contributed by atoms with van der Waals surface area (Å²) in [6, 6.07) is 0.169. The lowest BCUT2D eigenvalue weighted by molar-refractivity contribution is -0.141. The van der Waals surface area contributed by atoms with Crippen LogP contribution in [-0.4, -0.2) is 25.7 Å². The zero-order valence-corrected chi connectivity index (χ0v) is 8.89. The predicted octanol–water partition coefficient (Wildman–Crippen LogP) is 1.49. The molecule has 1 atom stereocenters. The summed E-state index contributed by atoms with van der Waals surface area (Å²) in [5, 5.41) is 3.20. The zero-order chi connectivity index (χ0) is 10.3. The van der Waals surface area contributed by atoms with E-state index in [1.54, 1.807) is 0 Å². The Morgan fingerprint density at radius 3 is 2.62 bits per heavy atom. The molecule has 1 N–H and O–H groups in total. The molecule has 0 radical (unpaired) electrons. The fraction of sp³-hybridized carbons (Fsp3) is 0.700. The largest absolute Gasteiger partial charge is 0.469 e. The van der Waals surface area contributed by atoms with Crippen molar-refractivity contribution in [2.24, 2.45) is 0 Å². The van der Waals surface area contributed by atoms with Crippen molar-refractivity contribution in [2.75, 3.05) is 13.7 Å². The Labute approximate surface area is 80.2 Å². The molecule has 3 heteroatoms. The van der Waals surface area contributed by atoms with Crippen LogP contribution >= 0.6 is 0 Å². The van der Waals surface area contributed by atoms with Gasteiger partial charge in [-0.2, -0.15) is 0 Å². The number of ether oxygens (including phenoxy) is 1. The van der Waals surface area contributed by atoms with Gasteiger partial charge in [0.05, 0.1) is 13.5 Å². The highest BCUT2D eigenvalue weighted by atomic mass is 16.5. The van der Waals surface area contributed by atoms with Gasteiger partial charge in [0.25, 0.3) is 0 Å². The van der Waals surface area contributed by atoms with E-state index in [9.17, 15) is 4.79 Å². The molecule has 76 valence electrons. The smallest absolute Gasteiger partial charge is 0.307 e. The number of nitrogens with one attached hydrogen (secondary N) is 1.